The molecule has 1 atom stereocenters. The lowest BCUT2D eigenvalue weighted by atomic mass is 9.75. The number of nitrogens with zero attached hydrogens (tertiary/aromatic N) is 1. The molecule has 1 unspecified atom stereocenters. The third-order valence-electron chi connectivity index (χ3n) is 4.62. The van der Waals surface area contributed by atoms with E-state index in [-0.39, 0.29) is 12.0 Å². The van der Waals surface area contributed by atoms with Gasteiger partial charge in [-0.25, -0.2) is 0 Å². The Labute approximate surface area is 116 Å². The number of hydrogen-bond acceptors (Lipinski definition) is 4. The first kappa shape index (κ1) is 14.8. The third kappa shape index (κ3) is 3.69. The Morgan fingerprint density at radius 1 is 1.37 bits per heavy atom. The summed E-state index contributed by atoms with van der Waals surface area (Å²) in [6, 6.07) is 0.476. The van der Waals surface area contributed by atoms with Crippen molar-refractivity contribution < 1.29 is 9.53 Å². The van der Waals surface area contributed by atoms with Crippen LogP contribution in [0.1, 0.15) is 46.5 Å². The van der Waals surface area contributed by atoms with Crippen molar-refractivity contribution in [1.29, 1.82) is 0 Å². The zero-order valence-electron chi connectivity index (χ0n) is 12.6. The molecule has 19 heavy (non-hydrogen) atoms. The average molecular weight is 268 g/mol. The number of carbonyl (C=O) groups excluding carboxylic acids is 1. The Bertz CT molecular complexity index is 307. The van der Waals surface area contributed by atoms with Crippen molar-refractivity contribution in [3.63, 3.8) is 0 Å². The molecule has 1 heterocycles. The Morgan fingerprint density at radius 2 is 2.05 bits per heavy atom. The maximum atomic E-state index is 12.1. The average Bonchev–Trinajstić information content (AvgIpc) is 2.39. The number of esters is 1. The maximum Gasteiger partial charge on any atom is 0.324 e. The summed E-state index contributed by atoms with van der Waals surface area (Å²) < 4.78 is 5.22. The molecule has 0 radical (unpaired) electrons. The van der Waals surface area contributed by atoms with Gasteiger partial charge in [0.2, 0.25) is 0 Å². The zero-order chi connectivity index (χ0) is 13.9. The van der Waals surface area contributed by atoms with E-state index in [1.807, 2.05) is 6.92 Å². The molecule has 110 valence electrons. The highest BCUT2D eigenvalue weighted by Crippen LogP contribution is 2.37. The zero-order valence-corrected chi connectivity index (χ0v) is 12.6. The Hall–Kier alpha value is -0.610. The van der Waals surface area contributed by atoms with Crippen molar-refractivity contribution in [2.75, 3.05) is 26.2 Å². The number of hydrogen-bond donors (Lipinski definition) is 1. The smallest absolute Gasteiger partial charge is 0.324 e. The van der Waals surface area contributed by atoms with Gasteiger partial charge < -0.3 is 10.1 Å². The van der Waals surface area contributed by atoms with Gasteiger partial charge in [0.05, 0.1) is 6.61 Å². The van der Waals surface area contributed by atoms with Gasteiger partial charge in [-0.15, -0.1) is 0 Å². The predicted molar refractivity (Wildman–Crippen MR) is 76.0 cm³/mol. The molecule has 0 aromatic carbocycles. The number of ether oxygens (including phenoxy) is 1. The van der Waals surface area contributed by atoms with E-state index in [4.69, 9.17) is 4.74 Å². The van der Waals surface area contributed by atoms with E-state index in [0.717, 1.165) is 19.6 Å². The Kier molecular flexibility index (Phi) is 4.85. The molecule has 0 spiro atoms. The molecule has 2 rings (SSSR count). The fraction of sp³-hybridized carbons (Fsp3) is 0.933. The highest BCUT2D eigenvalue weighted by Gasteiger charge is 2.37. The van der Waals surface area contributed by atoms with Crippen molar-refractivity contribution in [2.24, 2.45) is 5.41 Å². The van der Waals surface area contributed by atoms with Crippen molar-refractivity contribution in [1.82, 2.24) is 10.2 Å². The molecule has 0 aromatic heterocycles. The van der Waals surface area contributed by atoms with Crippen LogP contribution in [0.2, 0.25) is 0 Å². The second-order valence-electron chi connectivity index (χ2n) is 6.61. The number of piperazine rings is 1. The van der Waals surface area contributed by atoms with Crippen molar-refractivity contribution in [3.8, 4) is 0 Å². The lowest BCUT2D eigenvalue weighted by molar-refractivity contribution is -0.151. The van der Waals surface area contributed by atoms with Crippen LogP contribution in [0.3, 0.4) is 0 Å². The topological polar surface area (TPSA) is 41.6 Å². The van der Waals surface area contributed by atoms with Gasteiger partial charge in [0.1, 0.15) is 6.04 Å². The van der Waals surface area contributed by atoms with Gasteiger partial charge in [-0.2, -0.15) is 0 Å². The van der Waals surface area contributed by atoms with Gasteiger partial charge >= 0.3 is 5.97 Å². The molecule has 0 amide bonds. The normalized spacial score (nSPS) is 29.1. The molecule has 1 aliphatic carbocycles. The van der Waals surface area contributed by atoms with Gasteiger partial charge in [-0.05, 0) is 38.0 Å². The first-order valence-electron chi connectivity index (χ1n) is 7.66. The number of carbonyl (C=O) groups is 1. The monoisotopic (exact) mass is 268 g/mol. The van der Waals surface area contributed by atoms with Gasteiger partial charge in [-0.3, -0.25) is 9.69 Å². The fourth-order valence-electron chi connectivity index (χ4n) is 3.33. The SMILES string of the molecule is CCOC(=O)C1CNCCN1C1CCC(C)(C)CC1. The molecule has 1 saturated carbocycles. The second kappa shape index (κ2) is 6.23. The van der Waals surface area contributed by atoms with Crippen molar-refractivity contribution in [3.05, 3.63) is 0 Å². The van der Waals surface area contributed by atoms with Crippen molar-refractivity contribution >= 4 is 5.97 Å². The minimum absolute atomic E-state index is 0.0560. The van der Waals surface area contributed by atoms with Gasteiger partial charge in [-0.1, -0.05) is 13.8 Å². The summed E-state index contributed by atoms with van der Waals surface area (Å²) in [7, 11) is 0. The summed E-state index contributed by atoms with van der Waals surface area (Å²) in [5.74, 6) is -0.0560. The minimum Gasteiger partial charge on any atom is -0.465 e. The van der Waals surface area contributed by atoms with Crippen LogP contribution in [0.25, 0.3) is 0 Å². The van der Waals surface area contributed by atoms with Crippen LogP contribution in [0.15, 0.2) is 0 Å². The number of rotatable bonds is 3. The minimum atomic E-state index is -0.0834. The van der Waals surface area contributed by atoms with Crippen LogP contribution < -0.4 is 5.32 Å². The fourth-order valence-corrected chi connectivity index (χ4v) is 3.33. The van der Waals surface area contributed by atoms with Crippen LogP contribution in [0.4, 0.5) is 0 Å². The summed E-state index contributed by atoms with van der Waals surface area (Å²) >= 11 is 0. The highest BCUT2D eigenvalue weighted by molar-refractivity contribution is 5.76. The van der Waals surface area contributed by atoms with Gasteiger partial charge in [0.25, 0.3) is 0 Å². The van der Waals surface area contributed by atoms with Crippen molar-refractivity contribution in [2.45, 2.75) is 58.5 Å². The maximum absolute atomic E-state index is 12.1. The summed E-state index contributed by atoms with van der Waals surface area (Å²) in [5.41, 5.74) is 0.476. The summed E-state index contributed by atoms with van der Waals surface area (Å²) in [4.78, 5) is 14.5. The van der Waals surface area contributed by atoms with E-state index in [2.05, 4.69) is 24.1 Å². The van der Waals surface area contributed by atoms with Crippen LogP contribution in [0.5, 0.6) is 0 Å². The Balaban J connectivity index is 1.98. The molecular formula is C15H28N2O2. The summed E-state index contributed by atoms with van der Waals surface area (Å²) in [6.45, 7) is 9.74. The lowest BCUT2D eigenvalue weighted by Gasteiger charge is -2.44. The molecule has 2 fully saturated rings. The lowest BCUT2D eigenvalue weighted by Crippen LogP contribution is -2.59. The molecular weight excluding hydrogens is 240 g/mol. The highest BCUT2D eigenvalue weighted by atomic mass is 16.5. The molecule has 4 nitrogen and oxygen atoms in total. The van der Waals surface area contributed by atoms with Crippen LogP contribution >= 0.6 is 0 Å². The van der Waals surface area contributed by atoms with E-state index in [9.17, 15) is 4.79 Å². The molecule has 1 N–H and O–H groups in total. The quantitative estimate of drug-likeness (QED) is 0.792. The molecule has 4 heteroatoms. The third-order valence-corrected chi connectivity index (χ3v) is 4.62. The largest absolute Gasteiger partial charge is 0.465 e. The van der Waals surface area contributed by atoms with E-state index in [1.165, 1.54) is 25.7 Å². The molecule has 1 saturated heterocycles. The van der Waals surface area contributed by atoms with Gasteiger partial charge in [0, 0.05) is 25.7 Å². The van der Waals surface area contributed by atoms with E-state index >= 15 is 0 Å². The van der Waals surface area contributed by atoms with Gasteiger partial charge in [0.15, 0.2) is 0 Å². The van der Waals surface area contributed by atoms with E-state index < -0.39 is 0 Å². The standard InChI is InChI=1S/C15H28N2O2/c1-4-19-14(18)13-11-16-9-10-17(13)12-5-7-15(2,3)8-6-12/h12-13,16H,4-11H2,1-3H3. The first-order valence-corrected chi connectivity index (χ1v) is 7.66. The number of nitrogens with one attached hydrogen (secondary N) is 1. The predicted octanol–water partition coefficient (Wildman–Crippen LogP) is 1.79. The summed E-state index contributed by atoms with van der Waals surface area (Å²) in [5, 5.41) is 3.32. The van der Waals surface area contributed by atoms with Crippen LogP contribution in [-0.4, -0.2) is 49.2 Å². The first-order chi connectivity index (χ1) is 9.03. The molecule has 2 aliphatic rings. The molecule has 0 aromatic rings. The van der Waals surface area contributed by atoms with Crippen LogP contribution in [-0.2, 0) is 9.53 Å². The van der Waals surface area contributed by atoms with E-state index in [0.29, 0.717) is 18.1 Å². The van der Waals surface area contributed by atoms with Crippen LogP contribution in [0, 0.1) is 5.41 Å². The van der Waals surface area contributed by atoms with E-state index in [1.54, 1.807) is 0 Å². The summed E-state index contributed by atoms with van der Waals surface area (Å²) in [6.07, 6.45) is 4.94. The Morgan fingerprint density at radius 3 is 2.68 bits per heavy atom. The molecule has 1 aliphatic heterocycles. The molecule has 0 bridgehead atoms. The second-order valence-corrected chi connectivity index (χ2v) is 6.61.